The lowest BCUT2D eigenvalue weighted by molar-refractivity contribution is -0.173. The lowest BCUT2D eigenvalue weighted by Crippen LogP contribution is -2.18. The zero-order valence-corrected chi connectivity index (χ0v) is 9.37. The van der Waals surface area contributed by atoms with Gasteiger partial charge in [0.15, 0.2) is 5.82 Å². The first-order chi connectivity index (χ1) is 7.98. The van der Waals surface area contributed by atoms with Crippen LogP contribution in [-0.4, -0.2) is 39.3 Å². The molecule has 98 valence electrons. The van der Waals surface area contributed by atoms with E-state index in [1.807, 2.05) is 6.92 Å². The van der Waals surface area contributed by atoms with Crippen molar-refractivity contribution in [2.75, 3.05) is 13.2 Å². The Morgan fingerprint density at radius 1 is 1.29 bits per heavy atom. The van der Waals surface area contributed by atoms with Crippen LogP contribution in [0.15, 0.2) is 0 Å². The zero-order valence-electron chi connectivity index (χ0n) is 9.37. The van der Waals surface area contributed by atoms with Crippen molar-refractivity contribution in [2.24, 2.45) is 0 Å². The molecule has 0 saturated heterocycles. The Balaban J connectivity index is 2.44. The minimum Gasteiger partial charge on any atom is -0.388 e. The summed E-state index contributed by atoms with van der Waals surface area (Å²) < 4.78 is 41.5. The Labute approximate surface area is 96.2 Å². The monoisotopic (exact) mass is 253 g/mol. The van der Waals surface area contributed by atoms with Crippen LogP contribution in [-0.2, 0) is 24.3 Å². The molecule has 0 spiro atoms. The van der Waals surface area contributed by atoms with Crippen LogP contribution >= 0.6 is 0 Å². The highest BCUT2D eigenvalue weighted by Crippen LogP contribution is 2.14. The van der Waals surface area contributed by atoms with E-state index in [0.29, 0.717) is 18.2 Å². The first-order valence-corrected chi connectivity index (χ1v) is 5.14. The van der Waals surface area contributed by atoms with Crippen molar-refractivity contribution >= 4 is 0 Å². The number of aliphatic hydroxyl groups excluding tert-OH is 1. The lowest BCUT2D eigenvalue weighted by Gasteiger charge is -2.08. The Morgan fingerprint density at radius 2 is 1.94 bits per heavy atom. The number of alkyl halides is 3. The van der Waals surface area contributed by atoms with Gasteiger partial charge in [0, 0.05) is 13.0 Å². The number of aromatic nitrogens is 3. The molecular formula is C9H14F3N3O2. The van der Waals surface area contributed by atoms with Gasteiger partial charge in [0.2, 0.25) is 0 Å². The normalized spacial score (nSPS) is 12.1. The SMILES string of the molecule is CCn1c(CO)nnc1CCOCC(F)(F)F. The molecule has 1 N–H and O–H groups in total. The highest BCUT2D eigenvalue weighted by Gasteiger charge is 2.27. The van der Waals surface area contributed by atoms with Crippen molar-refractivity contribution in [3.05, 3.63) is 11.6 Å². The maximum atomic E-state index is 11.8. The van der Waals surface area contributed by atoms with E-state index in [4.69, 9.17) is 5.11 Å². The van der Waals surface area contributed by atoms with E-state index >= 15 is 0 Å². The summed E-state index contributed by atoms with van der Waals surface area (Å²) in [5, 5.41) is 16.4. The van der Waals surface area contributed by atoms with E-state index in [0.717, 1.165) is 0 Å². The predicted molar refractivity (Wildman–Crippen MR) is 52.2 cm³/mol. The summed E-state index contributed by atoms with van der Waals surface area (Å²) >= 11 is 0. The van der Waals surface area contributed by atoms with Crippen LogP contribution < -0.4 is 0 Å². The van der Waals surface area contributed by atoms with Crippen LogP contribution in [0.1, 0.15) is 18.6 Å². The highest BCUT2D eigenvalue weighted by molar-refractivity contribution is 4.94. The molecule has 0 unspecified atom stereocenters. The third-order valence-electron chi connectivity index (χ3n) is 2.10. The molecule has 5 nitrogen and oxygen atoms in total. The number of ether oxygens (including phenoxy) is 1. The smallest absolute Gasteiger partial charge is 0.388 e. The minimum absolute atomic E-state index is 0.0803. The maximum Gasteiger partial charge on any atom is 0.411 e. The number of hydrogen-bond acceptors (Lipinski definition) is 4. The molecule has 1 rings (SSSR count). The second-order valence-corrected chi connectivity index (χ2v) is 3.35. The number of nitrogens with zero attached hydrogens (tertiary/aromatic N) is 3. The molecule has 0 aliphatic carbocycles. The summed E-state index contributed by atoms with van der Waals surface area (Å²) in [7, 11) is 0. The predicted octanol–water partition coefficient (Wildman–Crippen LogP) is 0.912. The van der Waals surface area contributed by atoms with Gasteiger partial charge in [-0.3, -0.25) is 0 Å². The molecule has 0 saturated carbocycles. The molecule has 1 aromatic heterocycles. The first kappa shape index (κ1) is 13.9. The van der Waals surface area contributed by atoms with Crippen molar-refractivity contribution in [2.45, 2.75) is 32.7 Å². The average molecular weight is 253 g/mol. The maximum absolute atomic E-state index is 11.8. The number of halogens is 3. The van der Waals surface area contributed by atoms with Gasteiger partial charge >= 0.3 is 6.18 Å². The standard InChI is InChI=1S/C9H14F3N3O2/c1-2-15-7(13-14-8(15)5-16)3-4-17-6-9(10,11)12/h16H,2-6H2,1H3. The van der Waals surface area contributed by atoms with E-state index < -0.39 is 12.8 Å². The second-order valence-electron chi connectivity index (χ2n) is 3.35. The van der Waals surface area contributed by atoms with Crippen molar-refractivity contribution in [3.63, 3.8) is 0 Å². The van der Waals surface area contributed by atoms with Gasteiger partial charge in [0.05, 0.1) is 6.61 Å². The molecule has 0 aliphatic heterocycles. The molecule has 0 aromatic carbocycles. The van der Waals surface area contributed by atoms with Crippen molar-refractivity contribution in [1.29, 1.82) is 0 Å². The molecule has 0 fully saturated rings. The second kappa shape index (κ2) is 5.97. The van der Waals surface area contributed by atoms with Gasteiger partial charge in [0.1, 0.15) is 19.0 Å². The number of aliphatic hydroxyl groups is 1. The van der Waals surface area contributed by atoms with Crippen molar-refractivity contribution in [1.82, 2.24) is 14.8 Å². The van der Waals surface area contributed by atoms with Gasteiger partial charge in [-0.2, -0.15) is 13.2 Å². The van der Waals surface area contributed by atoms with Crippen LogP contribution in [0, 0.1) is 0 Å². The molecule has 0 bridgehead atoms. The van der Waals surface area contributed by atoms with Crippen molar-refractivity contribution < 1.29 is 23.0 Å². The van der Waals surface area contributed by atoms with Gasteiger partial charge in [-0.15, -0.1) is 10.2 Å². The van der Waals surface area contributed by atoms with Crippen LogP contribution in [0.5, 0.6) is 0 Å². The molecule has 17 heavy (non-hydrogen) atoms. The summed E-state index contributed by atoms with van der Waals surface area (Å²) in [6, 6.07) is 0. The Hall–Kier alpha value is -1.15. The molecule has 0 amide bonds. The first-order valence-electron chi connectivity index (χ1n) is 5.14. The van der Waals surface area contributed by atoms with Crippen LogP contribution in [0.2, 0.25) is 0 Å². The zero-order chi connectivity index (χ0) is 12.9. The van der Waals surface area contributed by atoms with Gasteiger partial charge in [-0.1, -0.05) is 0 Å². The molecule has 0 aliphatic rings. The fourth-order valence-electron chi connectivity index (χ4n) is 1.39. The highest BCUT2D eigenvalue weighted by atomic mass is 19.4. The molecule has 1 heterocycles. The van der Waals surface area contributed by atoms with E-state index in [-0.39, 0.29) is 19.6 Å². The Bertz CT molecular complexity index is 352. The molecule has 0 atom stereocenters. The third-order valence-corrected chi connectivity index (χ3v) is 2.10. The van der Waals surface area contributed by atoms with E-state index in [1.165, 1.54) is 0 Å². The fourth-order valence-corrected chi connectivity index (χ4v) is 1.39. The molecule has 8 heteroatoms. The summed E-state index contributed by atoms with van der Waals surface area (Å²) in [6.07, 6.45) is -4.08. The topological polar surface area (TPSA) is 60.2 Å². The molecular weight excluding hydrogens is 239 g/mol. The average Bonchev–Trinajstić information content (AvgIpc) is 2.65. The molecule has 0 radical (unpaired) electrons. The van der Waals surface area contributed by atoms with Crippen LogP contribution in [0.25, 0.3) is 0 Å². The van der Waals surface area contributed by atoms with Gasteiger partial charge < -0.3 is 14.4 Å². The quantitative estimate of drug-likeness (QED) is 0.765. The van der Waals surface area contributed by atoms with Gasteiger partial charge in [-0.05, 0) is 6.92 Å². The van der Waals surface area contributed by atoms with Crippen LogP contribution in [0.4, 0.5) is 13.2 Å². The summed E-state index contributed by atoms with van der Waals surface area (Å²) in [5.41, 5.74) is 0. The summed E-state index contributed by atoms with van der Waals surface area (Å²) in [4.78, 5) is 0. The van der Waals surface area contributed by atoms with E-state index in [2.05, 4.69) is 14.9 Å². The lowest BCUT2D eigenvalue weighted by atomic mass is 10.4. The van der Waals surface area contributed by atoms with Crippen LogP contribution in [0.3, 0.4) is 0 Å². The summed E-state index contributed by atoms with van der Waals surface area (Å²) in [5.74, 6) is 0.914. The minimum atomic E-state index is -4.31. The Kier molecular flexibility index (Phi) is 4.88. The van der Waals surface area contributed by atoms with Gasteiger partial charge in [-0.25, -0.2) is 0 Å². The fraction of sp³-hybridized carbons (Fsp3) is 0.778. The third kappa shape index (κ3) is 4.31. The van der Waals surface area contributed by atoms with Gasteiger partial charge in [0.25, 0.3) is 0 Å². The largest absolute Gasteiger partial charge is 0.411 e. The number of rotatable bonds is 6. The molecule has 1 aromatic rings. The van der Waals surface area contributed by atoms with Crippen molar-refractivity contribution in [3.8, 4) is 0 Å². The number of hydrogen-bond donors (Lipinski definition) is 1. The van der Waals surface area contributed by atoms with E-state index in [1.54, 1.807) is 4.57 Å². The van der Waals surface area contributed by atoms with E-state index in [9.17, 15) is 13.2 Å². The Morgan fingerprint density at radius 3 is 2.47 bits per heavy atom. The summed E-state index contributed by atoms with van der Waals surface area (Å²) in [6.45, 7) is 0.799.